The van der Waals surface area contributed by atoms with Gasteiger partial charge in [0, 0.05) is 21.8 Å². The summed E-state index contributed by atoms with van der Waals surface area (Å²) in [7, 11) is 0. The molecule has 0 aliphatic rings. The van der Waals surface area contributed by atoms with Gasteiger partial charge in [0.25, 0.3) is 5.56 Å². The van der Waals surface area contributed by atoms with Gasteiger partial charge in [-0.2, -0.15) is 0 Å². The molecule has 0 saturated heterocycles. The standard InChI is InChI=1S/C17H14BrN3O/c1-11-2-4-12(5-3-11)15-10-16(22)21-17(20-15)19-14-8-6-13(18)7-9-14/h2-10H,1H3,(H2,19,20,21,22). The lowest BCUT2D eigenvalue weighted by Crippen LogP contribution is -2.10. The summed E-state index contributed by atoms with van der Waals surface area (Å²) in [5.41, 5.74) is 3.39. The molecule has 0 radical (unpaired) electrons. The summed E-state index contributed by atoms with van der Waals surface area (Å²) in [4.78, 5) is 19.0. The van der Waals surface area contributed by atoms with Crippen molar-refractivity contribution in [1.82, 2.24) is 9.97 Å². The highest BCUT2D eigenvalue weighted by Crippen LogP contribution is 2.20. The monoisotopic (exact) mass is 355 g/mol. The lowest BCUT2D eigenvalue weighted by molar-refractivity contribution is 1.12. The summed E-state index contributed by atoms with van der Waals surface area (Å²) in [6.45, 7) is 2.02. The van der Waals surface area contributed by atoms with Gasteiger partial charge < -0.3 is 5.32 Å². The molecule has 22 heavy (non-hydrogen) atoms. The number of nitrogens with one attached hydrogen (secondary N) is 2. The summed E-state index contributed by atoms with van der Waals surface area (Å²) in [6, 6.07) is 17.1. The minimum Gasteiger partial charge on any atom is -0.326 e. The zero-order chi connectivity index (χ0) is 15.5. The Hall–Kier alpha value is -2.40. The first-order chi connectivity index (χ1) is 10.6. The third-order valence-electron chi connectivity index (χ3n) is 3.20. The number of nitrogens with zero attached hydrogens (tertiary/aromatic N) is 1. The van der Waals surface area contributed by atoms with E-state index in [-0.39, 0.29) is 5.56 Å². The lowest BCUT2D eigenvalue weighted by Gasteiger charge is -2.07. The van der Waals surface area contributed by atoms with Crippen molar-refractivity contribution in [3.8, 4) is 11.3 Å². The maximum absolute atomic E-state index is 11.9. The molecular weight excluding hydrogens is 342 g/mol. The summed E-state index contributed by atoms with van der Waals surface area (Å²) in [6.07, 6.45) is 0. The highest BCUT2D eigenvalue weighted by molar-refractivity contribution is 9.10. The van der Waals surface area contributed by atoms with Crippen LogP contribution in [0.5, 0.6) is 0 Å². The maximum atomic E-state index is 11.9. The van der Waals surface area contributed by atoms with Crippen molar-refractivity contribution in [3.05, 3.63) is 75.0 Å². The van der Waals surface area contributed by atoms with E-state index in [0.29, 0.717) is 11.6 Å². The first-order valence-electron chi connectivity index (χ1n) is 6.81. The molecule has 2 N–H and O–H groups in total. The van der Waals surface area contributed by atoms with Crippen molar-refractivity contribution in [1.29, 1.82) is 0 Å². The molecule has 3 rings (SSSR count). The van der Waals surface area contributed by atoms with Crippen LogP contribution in [-0.2, 0) is 0 Å². The zero-order valence-corrected chi connectivity index (χ0v) is 13.5. The minimum atomic E-state index is -0.190. The molecule has 5 heteroatoms. The Bertz CT molecular complexity index is 839. The van der Waals surface area contributed by atoms with E-state index in [0.717, 1.165) is 15.7 Å². The third-order valence-corrected chi connectivity index (χ3v) is 3.72. The Kier molecular flexibility index (Phi) is 4.06. The highest BCUT2D eigenvalue weighted by Gasteiger charge is 2.04. The average molecular weight is 356 g/mol. The second kappa shape index (κ2) is 6.15. The molecule has 0 amide bonds. The highest BCUT2D eigenvalue weighted by atomic mass is 79.9. The van der Waals surface area contributed by atoms with Gasteiger partial charge in [-0.1, -0.05) is 45.8 Å². The van der Waals surface area contributed by atoms with Gasteiger partial charge in [-0.05, 0) is 31.2 Å². The van der Waals surface area contributed by atoms with E-state index in [4.69, 9.17) is 0 Å². The number of aromatic nitrogens is 2. The van der Waals surface area contributed by atoms with E-state index >= 15 is 0 Å². The van der Waals surface area contributed by atoms with Gasteiger partial charge in [0.05, 0.1) is 5.69 Å². The van der Waals surface area contributed by atoms with Crippen LogP contribution in [0.25, 0.3) is 11.3 Å². The van der Waals surface area contributed by atoms with Gasteiger partial charge >= 0.3 is 0 Å². The van der Waals surface area contributed by atoms with Crippen LogP contribution >= 0.6 is 15.9 Å². The Morgan fingerprint density at radius 2 is 1.73 bits per heavy atom. The van der Waals surface area contributed by atoms with Crippen LogP contribution in [-0.4, -0.2) is 9.97 Å². The summed E-state index contributed by atoms with van der Waals surface area (Å²) < 4.78 is 0.993. The molecule has 0 saturated carbocycles. The second-order valence-electron chi connectivity index (χ2n) is 4.98. The Balaban J connectivity index is 1.94. The quantitative estimate of drug-likeness (QED) is 0.738. The smallest absolute Gasteiger partial charge is 0.252 e. The van der Waals surface area contributed by atoms with Crippen LogP contribution < -0.4 is 10.9 Å². The second-order valence-corrected chi connectivity index (χ2v) is 5.89. The van der Waals surface area contributed by atoms with E-state index in [2.05, 4.69) is 31.2 Å². The Morgan fingerprint density at radius 3 is 2.41 bits per heavy atom. The SMILES string of the molecule is Cc1ccc(-c2cc(=O)[nH]c(Nc3ccc(Br)cc3)n2)cc1. The largest absolute Gasteiger partial charge is 0.326 e. The maximum Gasteiger partial charge on any atom is 0.252 e. The van der Waals surface area contributed by atoms with Gasteiger partial charge in [0.1, 0.15) is 0 Å². The molecule has 3 aromatic rings. The fraction of sp³-hybridized carbons (Fsp3) is 0.0588. The fourth-order valence-corrected chi connectivity index (χ4v) is 2.32. The summed E-state index contributed by atoms with van der Waals surface area (Å²) in [5, 5.41) is 3.11. The molecule has 110 valence electrons. The minimum absolute atomic E-state index is 0.190. The first kappa shape index (κ1) is 14.5. The van der Waals surface area contributed by atoms with Crippen LogP contribution in [0.4, 0.5) is 11.6 Å². The van der Waals surface area contributed by atoms with Crippen LogP contribution in [0, 0.1) is 6.92 Å². The predicted octanol–water partition coefficient (Wildman–Crippen LogP) is 4.25. The van der Waals surface area contributed by atoms with E-state index in [1.165, 1.54) is 11.6 Å². The van der Waals surface area contributed by atoms with E-state index in [9.17, 15) is 4.79 Å². The van der Waals surface area contributed by atoms with Gasteiger partial charge in [-0.25, -0.2) is 4.98 Å². The molecule has 2 aromatic carbocycles. The fourth-order valence-electron chi connectivity index (χ4n) is 2.06. The van der Waals surface area contributed by atoms with E-state index in [1.54, 1.807) is 0 Å². The lowest BCUT2D eigenvalue weighted by atomic mass is 10.1. The van der Waals surface area contributed by atoms with Crippen LogP contribution in [0.3, 0.4) is 0 Å². The molecule has 4 nitrogen and oxygen atoms in total. The number of halogens is 1. The number of hydrogen-bond acceptors (Lipinski definition) is 3. The van der Waals surface area contributed by atoms with Crippen molar-refractivity contribution in [2.75, 3.05) is 5.32 Å². The molecule has 0 aliphatic carbocycles. The van der Waals surface area contributed by atoms with Crippen molar-refractivity contribution < 1.29 is 0 Å². The molecule has 1 aromatic heterocycles. The van der Waals surface area contributed by atoms with Crippen LogP contribution in [0.15, 0.2) is 63.9 Å². The molecule has 1 heterocycles. The Labute approximate surface area is 136 Å². The Morgan fingerprint density at radius 1 is 1.05 bits per heavy atom. The van der Waals surface area contributed by atoms with Gasteiger partial charge in [0.15, 0.2) is 0 Å². The first-order valence-corrected chi connectivity index (χ1v) is 7.60. The van der Waals surface area contributed by atoms with Crippen molar-refractivity contribution in [2.45, 2.75) is 6.92 Å². The number of H-pyrrole nitrogens is 1. The molecule has 0 fully saturated rings. The van der Waals surface area contributed by atoms with Crippen LogP contribution in [0.2, 0.25) is 0 Å². The van der Waals surface area contributed by atoms with E-state index in [1.807, 2.05) is 55.5 Å². The summed E-state index contributed by atoms with van der Waals surface area (Å²) >= 11 is 3.39. The van der Waals surface area contributed by atoms with Gasteiger partial charge in [-0.15, -0.1) is 0 Å². The average Bonchev–Trinajstić information content (AvgIpc) is 2.50. The number of anilines is 2. The number of rotatable bonds is 3. The number of hydrogen-bond donors (Lipinski definition) is 2. The third kappa shape index (κ3) is 3.43. The van der Waals surface area contributed by atoms with Gasteiger partial charge in [0.2, 0.25) is 5.95 Å². The molecular formula is C17H14BrN3O. The molecule has 0 atom stereocenters. The molecule has 0 unspecified atom stereocenters. The number of aromatic amines is 1. The number of aryl methyl sites for hydroxylation is 1. The normalized spacial score (nSPS) is 10.5. The molecule has 0 bridgehead atoms. The topological polar surface area (TPSA) is 57.8 Å². The van der Waals surface area contributed by atoms with Gasteiger partial charge in [-0.3, -0.25) is 9.78 Å². The predicted molar refractivity (Wildman–Crippen MR) is 92.5 cm³/mol. The van der Waals surface area contributed by atoms with Crippen molar-refractivity contribution in [2.24, 2.45) is 0 Å². The van der Waals surface area contributed by atoms with E-state index < -0.39 is 0 Å². The molecule has 0 aliphatic heterocycles. The van der Waals surface area contributed by atoms with Crippen molar-refractivity contribution in [3.63, 3.8) is 0 Å². The van der Waals surface area contributed by atoms with Crippen LogP contribution in [0.1, 0.15) is 5.56 Å². The number of benzene rings is 2. The molecule has 0 spiro atoms. The zero-order valence-electron chi connectivity index (χ0n) is 11.9. The van der Waals surface area contributed by atoms with Crippen molar-refractivity contribution >= 4 is 27.6 Å². The summed E-state index contributed by atoms with van der Waals surface area (Å²) in [5.74, 6) is 0.422.